The third-order valence-corrected chi connectivity index (χ3v) is 5.10. The fourth-order valence-electron chi connectivity index (χ4n) is 3.49. The first-order chi connectivity index (χ1) is 13.2. The van der Waals surface area contributed by atoms with Crippen molar-refractivity contribution >= 4 is 11.5 Å². The summed E-state index contributed by atoms with van der Waals surface area (Å²) in [5.41, 5.74) is 3.23. The van der Waals surface area contributed by atoms with Crippen LogP contribution in [0.2, 0.25) is 0 Å². The van der Waals surface area contributed by atoms with Crippen LogP contribution < -0.4 is 5.32 Å². The average molecular weight is 366 g/mol. The van der Waals surface area contributed by atoms with E-state index in [1.165, 1.54) is 18.0 Å². The number of piperidine rings is 1. The van der Waals surface area contributed by atoms with Gasteiger partial charge in [-0.25, -0.2) is 9.37 Å². The van der Waals surface area contributed by atoms with Crippen LogP contribution in [-0.2, 0) is 13.6 Å². The molecule has 0 aromatic carbocycles. The summed E-state index contributed by atoms with van der Waals surface area (Å²) in [6.45, 7) is 3.08. The molecule has 3 aromatic heterocycles. The Balaban J connectivity index is 1.32. The minimum atomic E-state index is -0.344. The molecule has 0 atom stereocenters. The van der Waals surface area contributed by atoms with Crippen molar-refractivity contribution in [2.24, 2.45) is 7.05 Å². The lowest BCUT2D eigenvalue weighted by Crippen LogP contribution is -2.33. The van der Waals surface area contributed by atoms with Gasteiger partial charge in [-0.1, -0.05) is 0 Å². The lowest BCUT2D eigenvalue weighted by atomic mass is 9.93. The van der Waals surface area contributed by atoms with E-state index in [1.807, 2.05) is 30.2 Å². The Kier molecular flexibility index (Phi) is 5.11. The average Bonchev–Trinajstić information content (AvgIpc) is 3.10. The minimum Gasteiger partial charge on any atom is -0.339 e. The molecule has 4 rings (SSSR count). The van der Waals surface area contributed by atoms with Crippen molar-refractivity contribution in [3.8, 4) is 0 Å². The van der Waals surface area contributed by atoms with Crippen LogP contribution in [0, 0.1) is 5.82 Å². The summed E-state index contributed by atoms with van der Waals surface area (Å²) in [6.07, 6.45) is 7.09. The molecule has 1 aliphatic rings. The lowest BCUT2D eigenvalue weighted by molar-refractivity contribution is 0.199. The normalized spacial score (nSPS) is 15.8. The molecule has 1 saturated heterocycles. The predicted molar refractivity (Wildman–Crippen MR) is 102 cm³/mol. The number of aromatic nitrogens is 4. The minimum absolute atomic E-state index is 0.344. The molecule has 4 heterocycles. The molecule has 0 spiro atoms. The number of aryl methyl sites for hydroxylation is 1. The molecule has 7 heteroatoms. The number of hydrogen-bond acceptors (Lipinski definition) is 5. The number of hydrogen-bond donors (Lipinski definition) is 1. The van der Waals surface area contributed by atoms with Crippen LogP contribution in [0.1, 0.15) is 30.1 Å². The van der Waals surface area contributed by atoms with E-state index in [0.29, 0.717) is 11.7 Å². The summed E-state index contributed by atoms with van der Waals surface area (Å²) in [5, 5.41) is 7.38. The van der Waals surface area contributed by atoms with E-state index >= 15 is 0 Å². The van der Waals surface area contributed by atoms with Crippen molar-refractivity contribution in [3.05, 3.63) is 66.1 Å². The molecule has 0 amide bonds. The van der Waals surface area contributed by atoms with E-state index in [1.54, 1.807) is 6.07 Å². The Labute approximate surface area is 158 Å². The Bertz CT molecular complexity index is 866. The van der Waals surface area contributed by atoms with Gasteiger partial charge in [0.25, 0.3) is 0 Å². The number of pyridine rings is 2. The van der Waals surface area contributed by atoms with E-state index in [-0.39, 0.29) is 5.82 Å². The van der Waals surface area contributed by atoms with E-state index in [4.69, 9.17) is 0 Å². The van der Waals surface area contributed by atoms with Gasteiger partial charge in [0.2, 0.25) is 0 Å². The molecular weight excluding hydrogens is 343 g/mol. The number of nitrogens with one attached hydrogen (secondary N) is 1. The Morgan fingerprint density at radius 3 is 2.56 bits per heavy atom. The first kappa shape index (κ1) is 17.6. The van der Waals surface area contributed by atoms with Crippen LogP contribution in [0.25, 0.3) is 0 Å². The smallest absolute Gasteiger partial charge is 0.141 e. The van der Waals surface area contributed by atoms with Crippen molar-refractivity contribution in [3.63, 3.8) is 0 Å². The zero-order chi connectivity index (χ0) is 18.6. The third kappa shape index (κ3) is 4.31. The van der Waals surface area contributed by atoms with Crippen LogP contribution in [0.3, 0.4) is 0 Å². The fourth-order valence-corrected chi connectivity index (χ4v) is 3.49. The SMILES string of the molecule is Cn1nccc1CN1CCC(c2ccc(Nc3ccc(F)cn3)cn2)CC1. The second-order valence-corrected chi connectivity index (χ2v) is 6.95. The highest BCUT2D eigenvalue weighted by molar-refractivity contribution is 5.54. The molecule has 27 heavy (non-hydrogen) atoms. The van der Waals surface area contributed by atoms with Crippen LogP contribution >= 0.6 is 0 Å². The van der Waals surface area contributed by atoms with Gasteiger partial charge < -0.3 is 5.32 Å². The molecule has 0 radical (unpaired) electrons. The number of nitrogens with zero attached hydrogens (tertiary/aromatic N) is 5. The molecular formula is C20H23FN6. The molecule has 0 aliphatic carbocycles. The molecule has 6 nitrogen and oxygen atoms in total. The highest BCUT2D eigenvalue weighted by Crippen LogP contribution is 2.28. The topological polar surface area (TPSA) is 58.9 Å². The number of rotatable bonds is 5. The van der Waals surface area contributed by atoms with Gasteiger partial charge in [0, 0.05) is 31.4 Å². The Hall–Kier alpha value is -2.80. The summed E-state index contributed by atoms with van der Waals surface area (Å²) in [7, 11) is 1.99. The second-order valence-electron chi connectivity index (χ2n) is 6.95. The monoisotopic (exact) mass is 366 g/mol. The zero-order valence-corrected chi connectivity index (χ0v) is 15.3. The van der Waals surface area contributed by atoms with Gasteiger partial charge in [0.1, 0.15) is 11.6 Å². The van der Waals surface area contributed by atoms with Crippen LogP contribution in [0.5, 0.6) is 0 Å². The van der Waals surface area contributed by atoms with Gasteiger partial charge in [0.05, 0.1) is 23.8 Å². The summed E-state index contributed by atoms with van der Waals surface area (Å²) in [6, 6.07) is 9.16. The molecule has 1 aliphatic heterocycles. The molecule has 0 unspecified atom stereocenters. The van der Waals surface area contributed by atoms with E-state index in [9.17, 15) is 4.39 Å². The number of halogens is 1. The Morgan fingerprint density at radius 2 is 1.93 bits per heavy atom. The van der Waals surface area contributed by atoms with Crippen molar-refractivity contribution < 1.29 is 4.39 Å². The highest BCUT2D eigenvalue weighted by Gasteiger charge is 2.22. The number of likely N-dealkylation sites (tertiary alicyclic amines) is 1. The predicted octanol–water partition coefficient (Wildman–Crippen LogP) is 3.47. The maximum absolute atomic E-state index is 12.9. The Morgan fingerprint density at radius 1 is 1.07 bits per heavy atom. The van der Waals surface area contributed by atoms with Crippen LogP contribution in [0.4, 0.5) is 15.9 Å². The highest BCUT2D eigenvalue weighted by atomic mass is 19.1. The van der Waals surface area contributed by atoms with Crippen molar-refractivity contribution in [1.29, 1.82) is 0 Å². The summed E-state index contributed by atoms with van der Waals surface area (Å²) < 4.78 is 14.9. The van der Waals surface area contributed by atoms with Gasteiger partial charge in [-0.2, -0.15) is 5.10 Å². The van der Waals surface area contributed by atoms with Gasteiger partial charge in [-0.05, 0) is 56.3 Å². The van der Waals surface area contributed by atoms with Crippen molar-refractivity contribution in [2.75, 3.05) is 18.4 Å². The quantitative estimate of drug-likeness (QED) is 0.749. The van der Waals surface area contributed by atoms with Gasteiger partial charge in [-0.3, -0.25) is 14.6 Å². The fraction of sp³-hybridized carbons (Fsp3) is 0.350. The van der Waals surface area contributed by atoms with Crippen LogP contribution in [0.15, 0.2) is 48.9 Å². The molecule has 1 N–H and O–H groups in total. The molecule has 140 valence electrons. The zero-order valence-electron chi connectivity index (χ0n) is 15.3. The van der Waals surface area contributed by atoms with Crippen molar-refractivity contribution in [1.82, 2.24) is 24.6 Å². The summed E-state index contributed by atoms with van der Waals surface area (Å²) in [5.74, 6) is 0.754. The lowest BCUT2D eigenvalue weighted by Gasteiger charge is -2.31. The molecule has 0 bridgehead atoms. The largest absolute Gasteiger partial charge is 0.339 e. The van der Waals surface area contributed by atoms with E-state index < -0.39 is 0 Å². The second kappa shape index (κ2) is 7.84. The van der Waals surface area contributed by atoms with Gasteiger partial charge in [0.15, 0.2) is 0 Å². The third-order valence-electron chi connectivity index (χ3n) is 5.10. The summed E-state index contributed by atoms with van der Waals surface area (Å²) >= 11 is 0. The van der Waals surface area contributed by atoms with E-state index in [0.717, 1.165) is 43.9 Å². The maximum atomic E-state index is 12.9. The maximum Gasteiger partial charge on any atom is 0.141 e. The van der Waals surface area contributed by atoms with Gasteiger partial charge in [-0.15, -0.1) is 0 Å². The molecule has 3 aromatic rings. The number of anilines is 2. The molecule has 1 fully saturated rings. The standard InChI is InChI=1S/C20H23FN6/c1-26-18(6-9-24-26)14-27-10-7-15(8-11-27)19-4-3-17(13-22-19)25-20-5-2-16(21)12-23-20/h2-6,9,12-13,15H,7-8,10-11,14H2,1H3,(H,23,25). The summed E-state index contributed by atoms with van der Waals surface area (Å²) in [4.78, 5) is 11.1. The molecule has 0 saturated carbocycles. The van der Waals surface area contributed by atoms with Crippen LogP contribution in [-0.4, -0.2) is 37.7 Å². The first-order valence-corrected chi connectivity index (χ1v) is 9.21. The van der Waals surface area contributed by atoms with Gasteiger partial charge >= 0.3 is 0 Å². The van der Waals surface area contributed by atoms with E-state index in [2.05, 4.69) is 37.4 Å². The van der Waals surface area contributed by atoms with Crippen molar-refractivity contribution in [2.45, 2.75) is 25.3 Å². The first-order valence-electron chi connectivity index (χ1n) is 9.21.